The van der Waals surface area contributed by atoms with E-state index in [1.165, 1.54) is 9.80 Å². The van der Waals surface area contributed by atoms with Gasteiger partial charge in [0.2, 0.25) is 34.5 Å². The molecule has 0 amide bonds. The average molecular weight is 823 g/mol. The number of nitrogens with zero attached hydrogens (tertiary/aromatic N) is 2. The van der Waals surface area contributed by atoms with Gasteiger partial charge in [0, 0.05) is 21.5 Å². The molecule has 0 saturated heterocycles. The summed E-state index contributed by atoms with van der Waals surface area (Å²) in [6.45, 7) is 0. The molecular formula is C50H34N2O10. The van der Waals surface area contributed by atoms with Crippen molar-refractivity contribution in [3.05, 3.63) is 146 Å². The zero-order chi connectivity index (χ0) is 43.1. The standard InChI is InChI=1S/C50H34N2O10/c53-41-39(42(54)46(58)49(61)45(41)57)51(35-21-9-13-25-11-1-3-15-27(25)35)37-23-33-30-18-6-8-20-32(30)38(24-34(33)29-17-5-7-19-31(29)37)52(36-22-10-14-26-12-2-4-16-28(26)36)40-43(55)47(59)50(62)48(60)44(40)56/h1-24,53-62H. The molecular weight excluding hydrogens is 789 g/mol. The summed E-state index contributed by atoms with van der Waals surface area (Å²) in [7, 11) is 0. The topological polar surface area (TPSA) is 209 Å². The van der Waals surface area contributed by atoms with Crippen LogP contribution in [0.2, 0.25) is 0 Å². The van der Waals surface area contributed by atoms with Crippen LogP contribution in [-0.4, -0.2) is 51.1 Å². The van der Waals surface area contributed by atoms with Gasteiger partial charge in [-0.2, -0.15) is 0 Å². The first-order valence-corrected chi connectivity index (χ1v) is 19.3. The van der Waals surface area contributed by atoms with Gasteiger partial charge in [0.05, 0.1) is 22.7 Å². The van der Waals surface area contributed by atoms with Gasteiger partial charge in [0.1, 0.15) is 11.4 Å². The Balaban J connectivity index is 1.37. The SMILES string of the molecule is Oc1c(O)c(O)c(N(c2cccc3ccccc23)c2cc3c4ccccc4c(N(c4c(O)c(O)c(O)c(O)c4O)c4cccc5ccccc45)cc3c3ccccc23)c(O)c1O. The van der Waals surface area contributed by atoms with E-state index in [1.807, 2.05) is 109 Å². The highest BCUT2D eigenvalue weighted by atomic mass is 16.4. The van der Waals surface area contributed by atoms with Gasteiger partial charge >= 0.3 is 0 Å². The number of phenolic OH excluding ortho intramolecular Hbond substituents is 10. The molecule has 0 aliphatic rings. The Morgan fingerprint density at radius 3 is 0.855 bits per heavy atom. The molecule has 0 heterocycles. The number of phenols is 10. The van der Waals surface area contributed by atoms with Crippen LogP contribution < -0.4 is 9.80 Å². The van der Waals surface area contributed by atoms with Crippen molar-refractivity contribution in [3.8, 4) is 57.5 Å². The summed E-state index contributed by atoms with van der Waals surface area (Å²) in [5, 5.41) is 118. The van der Waals surface area contributed by atoms with Crippen LogP contribution in [0, 0.1) is 0 Å². The van der Waals surface area contributed by atoms with Crippen molar-refractivity contribution < 1.29 is 51.1 Å². The van der Waals surface area contributed by atoms with Gasteiger partial charge in [-0.05, 0) is 56.6 Å². The van der Waals surface area contributed by atoms with Crippen molar-refractivity contribution in [3.63, 3.8) is 0 Å². The lowest BCUT2D eigenvalue weighted by Crippen LogP contribution is -2.13. The Bertz CT molecular complexity index is 3220. The van der Waals surface area contributed by atoms with Crippen molar-refractivity contribution in [1.29, 1.82) is 0 Å². The van der Waals surface area contributed by atoms with E-state index < -0.39 is 68.9 Å². The molecule has 10 rings (SSSR count). The lowest BCUT2D eigenvalue weighted by atomic mass is 9.92. The smallest absolute Gasteiger partial charge is 0.208 e. The number of anilines is 6. The zero-order valence-electron chi connectivity index (χ0n) is 32.2. The molecule has 0 fully saturated rings. The van der Waals surface area contributed by atoms with Crippen LogP contribution in [0.1, 0.15) is 0 Å². The summed E-state index contributed by atoms with van der Waals surface area (Å²) in [5.41, 5.74) is 0.797. The lowest BCUT2D eigenvalue weighted by Gasteiger charge is -2.31. The Morgan fingerprint density at radius 1 is 0.226 bits per heavy atom. The fourth-order valence-corrected chi connectivity index (χ4v) is 8.60. The van der Waals surface area contributed by atoms with E-state index in [1.54, 1.807) is 36.4 Å². The quantitative estimate of drug-likeness (QED) is 0.0432. The monoisotopic (exact) mass is 822 g/mol. The van der Waals surface area contributed by atoms with E-state index in [0.717, 1.165) is 10.8 Å². The molecule has 0 aliphatic heterocycles. The minimum Gasteiger partial charge on any atom is -0.503 e. The van der Waals surface area contributed by atoms with Crippen LogP contribution in [0.4, 0.5) is 34.1 Å². The minimum atomic E-state index is -1.10. The van der Waals surface area contributed by atoms with Crippen molar-refractivity contribution in [2.24, 2.45) is 0 Å². The number of fused-ring (bicyclic) bond motifs is 7. The Labute approximate surface area is 351 Å². The largest absolute Gasteiger partial charge is 0.503 e. The van der Waals surface area contributed by atoms with Gasteiger partial charge in [-0.3, -0.25) is 0 Å². The van der Waals surface area contributed by atoms with Crippen molar-refractivity contribution in [2.75, 3.05) is 9.80 Å². The summed E-state index contributed by atoms with van der Waals surface area (Å²) in [4.78, 5) is 3.02. The van der Waals surface area contributed by atoms with Crippen LogP contribution in [0.15, 0.2) is 146 Å². The van der Waals surface area contributed by atoms with Crippen LogP contribution >= 0.6 is 0 Å². The Kier molecular flexibility index (Phi) is 8.35. The molecule has 10 aromatic rings. The van der Waals surface area contributed by atoms with E-state index in [-0.39, 0.29) is 0 Å². The third-order valence-corrected chi connectivity index (χ3v) is 11.5. The van der Waals surface area contributed by atoms with E-state index >= 15 is 0 Å². The van der Waals surface area contributed by atoms with Crippen LogP contribution in [0.5, 0.6) is 57.5 Å². The maximum absolute atomic E-state index is 11.6. The normalized spacial score (nSPS) is 11.5. The van der Waals surface area contributed by atoms with Gasteiger partial charge in [0.15, 0.2) is 23.0 Å². The summed E-state index contributed by atoms with van der Waals surface area (Å²) in [6, 6.07) is 44.0. The van der Waals surface area contributed by atoms with Gasteiger partial charge in [-0.1, -0.05) is 121 Å². The molecule has 0 bridgehead atoms. The molecule has 12 nitrogen and oxygen atoms in total. The second kappa shape index (κ2) is 13.9. The van der Waals surface area contributed by atoms with E-state index in [0.29, 0.717) is 65.8 Å². The third-order valence-electron chi connectivity index (χ3n) is 11.5. The summed E-state index contributed by atoms with van der Waals surface area (Å²) >= 11 is 0. The molecule has 0 saturated carbocycles. The third kappa shape index (κ3) is 5.33. The lowest BCUT2D eigenvalue weighted by molar-refractivity contribution is 0.329. The fourth-order valence-electron chi connectivity index (χ4n) is 8.60. The fraction of sp³-hybridized carbons (Fsp3) is 0. The molecule has 0 radical (unpaired) electrons. The first-order valence-electron chi connectivity index (χ1n) is 19.3. The van der Waals surface area contributed by atoms with Crippen LogP contribution in [-0.2, 0) is 0 Å². The van der Waals surface area contributed by atoms with Crippen LogP contribution in [0.25, 0.3) is 53.9 Å². The summed E-state index contributed by atoms with van der Waals surface area (Å²) in [6.07, 6.45) is 0. The first kappa shape index (κ1) is 37.4. The molecule has 10 aromatic carbocycles. The molecule has 12 heteroatoms. The Morgan fingerprint density at radius 2 is 0.500 bits per heavy atom. The molecule has 304 valence electrons. The van der Waals surface area contributed by atoms with Gasteiger partial charge in [0.25, 0.3) is 0 Å². The maximum atomic E-state index is 11.6. The van der Waals surface area contributed by atoms with Crippen molar-refractivity contribution in [2.45, 2.75) is 0 Å². The van der Waals surface area contributed by atoms with Gasteiger partial charge < -0.3 is 60.9 Å². The maximum Gasteiger partial charge on any atom is 0.208 e. The molecule has 0 spiro atoms. The number of aromatic hydroxyl groups is 10. The van der Waals surface area contributed by atoms with Crippen molar-refractivity contribution in [1.82, 2.24) is 0 Å². The molecule has 10 N–H and O–H groups in total. The number of benzene rings is 10. The van der Waals surface area contributed by atoms with E-state index in [4.69, 9.17) is 0 Å². The number of hydrogen-bond acceptors (Lipinski definition) is 12. The second-order valence-corrected chi connectivity index (χ2v) is 14.8. The summed E-state index contributed by atoms with van der Waals surface area (Å²) < 4.78 is 0. The Hall–Kier alpha value is -8.90. The molecule has 0 aliphatic carbocycles. The minimum absolute atomic E-state index is 0.382. The van der Waals surface area contributed by atoms with E-state index in [9.17, 15) is 51.1 Å². The van der Waals surface area contributed by atoms with Crippen LogP contribution in [0.3, 0.4) is 0 Å². The summed E-state index contributed by atoms with van der Waals surface area (Å²) in [5.74, 6) is -10.0. The zero-order valence-corrected chi connectivity index (χ0v) is 32.2. The van der Waals surface area contributed by atoms with E-state index in [2.05, 4.69) is 0 Å². The number of rotatable bonds is 6. The number of hydrogen-bond donors (Lipinski definition) is 10. The second-order valence-electron chi connectivity index (χ2n) is 14.8. The molecule has 0 aromatic heterocycles. The van der Waals surface area contributed by atoms with Crippen molar-refractivity contribution >= 4 is 88.0 Å². The molecule has 0 unspecified atom stereocenters. The highest BCUT2D eigenvalue weighted by Crippen LogP contribution is 2.61. The van der Waals surface area contributed by atoms with Gasteiger partial charge in [-0.25, -0.2) is 0 Å². The molecule has 0 atom stereocenters. The first-order chi connectivity index (χ1) is 30.0. The predicted molar refractivity (Wildman–Crippen MR) is 240 cm³/mol. The highest BCUT2D eigenvalue weighted by molar-refractivity contribution is 6.25. The van der Waals surface area contributed by atoms with Gasteiger partial charge in [-0.15, -0.1) is 0 Å². The highest BCUT2D eigenvalue weighted by Gasteiger charge is 2.33. The average Bonchev–Trinajstić information content (AvgIpc) is 3.31. The predicted octanol–water partition coefficient (Wildman–Crippen LogP) is 11.4. The molecule has 62 heavy (non-hydrogen) atoms.